The smallest absolute Gasteiger partial charge is 0.377 e. The van der Waals surface area contributed by atoms with Crippen molar-refractivity contribution in [2.24, 2.45) is 0 Å². The van der Waals surface area contributed by atoms with E-state index in [0.29, 0.717) is 11.0 Å². The minimum atomic E-state index is -1.72. The lowest BCUT2D eigenvalue weighted by molar-refractivity contribution is -0.0805. The first kappa shape index (κ1) is 21.5. The Labute approximate surface area is 168 Å². The number of aromatic nitrogens is 4. The number of fused-ring (bicyclic) bond motifs is 1. The molecule has 12 nitrogen and oxygen atoms in total. The van der Waals surface area contributed by atoms with Crippen LogP contribution in [0.2, 0.25) is 0 Å². The van der Waals surface area contributed by atoms with Gasteiger partial charge in [-0.1, -0.05) is 0 Å². The Morgan fingerprint density at radius 3 is 2.40 bits per heavy atom. The van der Waals surface area contributed by atoms with E-state index in [9.17, 15) is 24.9 Å². The zero-order chi connectivity index (χ0) is 22.2. The third-order valence-electron chi connectivity index (χ3n) is 4.73. The van der Waals surface area contributed by atoms with Gasteiger partial charge in [0.1, 0.15) is 18.3 Å². The second-order valence-corrected chi connectivity index (χ2v) is 6.84. The molecule has 3 aromatic rings. The van der Waals surface area contributed by atoms with Crippen molar-refractivity contribution in [3.63, 3.8) is 0 Å². The summed E-state index contributed by atoms with van der Waals surface area (Å²) in [5, 5.41) is 51.0. The maximum atomic E-state index is 13.1. The first-order chi connectivity index (χ1) is 14.1. The van der Waals surface area contributed by atoms with E-state index in [1.807, 2.05) is 13.8 Å². The van der Waals surface area contributed by atoms with E-state index in [4.69, 9.17) is 14.7 Å². The highest BCUT2D eigenvalue weighted by atomic mass is 16.5. The monoisotopic (exact) mass is 420 g/mol. The number of carboxylic acid groups (broad SMARTS) is 1. The fraction of sp³-hybridized carbons (Fsp3) is 0.389. The molecule has 0 saturated carbocycles. The molecule has 1 aromatic carbocycles. The van der Waals surface area contributed by atoms with Crippen LogP contribution in [0, 0.1) is 13.8 Å². The maximum Gasteiger partial charge on any atom is 0.377 e. The van der Waals surface area contributed by atoms with Crippen molar-refractivity contribution < 1.29 is 34.9 Å². The number of aliphatic hydroxyl groups is 4. The van der Waals surface area contributed by atoms with Gasteiger partial charge in [0.25, 0.3) is 17.3 Å². The van der Waals surface area contributed by atoms with Crippen molar-refractivity contribution in [2.75, 3.05) is 6.61 Å². The summed E-state index contributed by atoms with van der Waals surface area (Å²) in [5.41, 5.74) is 1.23. The van der Waals surface area contributed by atoms with Gasteiger partial charge in [-0.05, 0) is 42.3 Å². The van der Waals surface area contributed by atoms with Gasteiger partial charge in [0.15, 0.2) is 5.69 Å². The fourth-order valence-electron chi connectivity index (χ4n) is 2.88. The van der Waals surface area contributed by atoms with Crippen molar-refractivity contribution in [1.82, 2.24) is 19.7 Å². The first-order valence-electron chi connectivity index (χ1n) is 8.88. The summed E-state index contributed by atoms with van der Waals surface area (Å²) in [6, 6.07) is 3.35. The van der Waals surface area contributed by atoms with Crippen LogP contribution in [0.4, 0.5) is 0 Å². The quantitative estimate of drug-likeness (QED) is 0.309. The third kappa shape index (κ3) is 3.93. The summed E-state index contributed by atoms with van der Waals surface area (Å²) in [6.07, 6.45) is -4.94. The molecule has 0 bridgehead atoms. The Morgan fingerprint density at radius 1 is 1.13 bits per heavy atom. The average molecular weight is 420 g/mol. The predicted molar refractivity (Wildman–Crippen MR) is 101 cm³/mol. The SMILES string of the molecule is Cc1cc2nc(-c3nc(C(=O)O)no3)c(=O)n(C[C@H](O)[C@H](O)[C@H](O)CO)c2cc1C. The fourth-order valence-corrected chi connectivity index (χ4v) is 2.88. The lowest BCUT2D eigenvalue weighted by Gasteiger charge is -2.23. The third-order valence-corrected chi connectivity index (χ3v) is 4.73. The molecule has 2 heterocycles. The standard InChI is InChI=1S/C18H20N4O8/c1-7-3-9-10(4-8(7)2)22(5-11(24)14(26)12(25)6-23)17(27)13(19-9)16-20-15(18(28)29)21-30-16/h3-4,11-12,14,23-26H,5-6H2,1-2H3,(H,28,29)/t11-,12+,14-/m0/s1. The van der Waals surface area contributed by atoms with Crippen LogP contribution in [0.3, 0.4) is 0 Å². The Balaban J connectivity index is 2.20. The summed E-state index contributed by atoms with van der Waals surface area (Å²) in [7, 11) is 0. The van der Waals surface area contributed by atoms with Gasteiger partial charge in [-0.3, -0.25) is 4.79 Å². The normalized spacial score (nSPS) is 14.6. The summed E-state index contributed by atoms with van der Waals surface area (Å²) < 4.78 is 5.96. The molecule has 3 rings (SSSR count). The van der Waals surface area contributed by atoms with Crippen LogP contribution in [0.5, 0.6) is 0 Å². The molecule has 2 aromatic heterocycles. The summed E-state index contributed by atoms with van der Waals surface area (Å²) in [6.45, 7) is 2.41. The van der Waals surface area contributed by atoms with Crippen molar-refractivity contribution in [1.29, 1.82) is 0 Å². The summed E-state index contributed by atoms with van der Waals surface area (Å²) in [4.78, 5) is 32.0. The van der Waals surface area contributed by atoms with E-state index >= 15 is 0 Å². The molecule has 5 N–H and O–H groups in total. The van der Waals surface area contributed by atoms with E-state index in [-0.39, 0.29) is 5.69 Å². The van der Waals surface area contributed by atoms with E-state index in [1.54, 1.807) is 12.1 Å². The molecular weight excluding hydrogens is 400 g/mol. The highest BCUT2D eigenvalue weighted by Crippen LogP contribution is 2.21. The van der Waals surface area contributed by atoms with E-state index in [0.717, 1.165) is 15.7 Å². The molecule has 0 fully saturated rings. The highest BCUT2D eigenvalue weighted by molar-refractivity contribution is 5.83. The molecule has 0 aliphatic heterocycles. The second-order valence-electron chi connectivity index (χ2n) is 6.84. The molecular formula is C18H20N4O8. The summed E-state index contributed by atoms with van der Waals surface area (Å²) in [5.74, 6) is -2.52. The Kier molecular flexibility index (Phi) is 5.94. The molecule has 0 spiro atoms. The minimum absolute atomic E-state index is 0.326. The number of carbonyl (C=O) groups is 1. The molecule has 0 unspecified atom stereocenters. The maximum absolute atomic E-state index is 13.1. The summed E-state index contributed by atoms with van der Waals surface area (Å²) >= 11 is 0. The predicted octanol–water partition coefficient (Wildman–Crippen LogP) is -1.16. The second kappa shape index (κ2) is 8.28. The highest BCUT2D eigenvalue weighted by Gasteiger charge is 2.27. The molecule has 12 heteroatoms. The zero-order valence-electron chi connectivity index (χ0n) is 16.1. The first-order valence-corrected chi connectivity index (χ1v) is 8.88. The van der Waals surface area contributed by atoms with Crippen LogP contribution < -0.4 is 5.56 Å². The van der Waals surface area contributed by atoms with E-state index in [2.05, 4.69) is 15.1 Å². The lowest BCUT2D eigenvalue weighted by Crippen LogP contribution is -2.43. The zero-order valence-corrected chi connectivity index (χ0v) is 16.1. The number of hydrogen-bond acceptors (Lipinski definition) is 10. The van der Waals surface area contributed by atoms with Gasteiger partial charge in [-0.2, -0.15) is 4.98 Å². The number of hydrogen-bond donors (Lipinski definition) is 5. The number of aromatic carboxylic acids is 1. The van der Waals surface area contributed by atoms with Gasteiger partial charge in [0.2, 0.25) is 0 Å². The Morgan fingerprint density at radius 2 is 1.80 bits per heavy atom. The van der Waals surface area contributed by atoms with Crippen molar-refractivity contribution in [3.8, 4) is 11.6 Å². The molecule has 0 amide bonds. The molecule has 0 radical (unpaired) electrons. The van der Waals surface area contributed by atoms with Crippen LogP contribution in [0.15, 0.2) is 21.5 Å². The number of carboxylic acids is 1. The molecule has 160 valence electrons. The number of aryl methyl sites for hydroxylation is 2. The Hall–Kier alpha value is -3.19. The van der Waals surface area contributed by atoms with Crippen molar-refractivity contribution in [2.45, 2.75) is 38.7 Å². The van der Waals surface area contributed by atoms with E-state index in [1.165, 1.54) is 0 Å². The molecule has 3 atom stereocenters. The van der Waals surface area contributed by atoms with Crippen LogP contribution in [0.1, 0.15) is 21.7 Å². The van der Waals surface area contributed by atoms with Crippen LogP contribution in [-0.2, 0) is 6.54 Å². The van der Waals surface area contributed by atoms with Gasteiger partial charge in [0.05, 0.1) is 24.2 Å². The van der Waals surface area contributed by atoms with Crippen molar-refractivity contribution >= 4 is 17.0 Å². The number of nitrogens with zero attached hydrogens (tertiary/aromatic N) is 4. The van der Waals surface area contributed by atoms with Gasteiger partial charge >= 0.3 is 5.97 Å². The average Bonchev–Trinajstić information content (AvgIpc) is 3.20. The van der Waals surface area contributed by atoms with Gasteiger partial charge in [0, 0.05) is 0 Å². The van der Waals surface area contributed by atoms with Gasteiger partial charge < -0.3 is 34.6 Å². The van der Waals surface area contributed by atoms with Crippen molar-refractivity contribution in [3.05, 3.63) is 39.4 Å². The van der Waals surface area contributed by atoms with Gasteiger partial charge in [-0.15, -0.1) is 0 Å². The van der Waals surface area contributed by atoms with Crippen LogP contribution in [0.25, 0.3) is 22.6 Å². The molecule has 0 aliphatic carbocycles. The van der Waals surface area contributed by atoms with E-state index < -0.39 is 54.7 Å². The number of aliphatic hydroxyl groups excluding tert-OH is 4. The van der Waals surface area contributed by atoms with Crippen LogP contribution >= 0.6 is 0 Å². The number of benzene rings is 1. The van der Waals surface area contributed by atoms with Gasteiger partial charge in [-0.25, -0.2) is 9.78 Å². The van der Waals surface area contributed by atoms with Crippen LogP contribution in [-0.4, -0.2) is 76.1 Å². The topological polar surface area (TPSA) is 192 Å². The lowest BCUT2D eigenvalue weighted by atomic mass is 10.1. The Bertz CT molecular complexity index is 1160. The molecule has 0 saturated heterocycles. The minimum Gasteiger partial charge on any atom is -0.475 e. The largest absolute Gasteiger partial charge is 0.475 e. The molecule has 0 aliphatic rings. The number of rotatable bonds is 7. The molecule has 30 heavy (non-hydrogen) atoms.